The molecule has 28 heavy (non-hydrogen) atoms. The fourth-order valence-electron chi connectivity index (χ4n) is 3.74. The van der Waals surface area contributed by atoms with Crippen molar-refractivity contribution in [3.05, 3.63) is 35.9 Å². The molecule has 2 fully saturated rings. The van der Waals surface area contributed by atoms with Gasteiger partial charge in [-0.3, -0.25) is 4.79 Å². The number of nitrogens with zero attached hydrogens (tertiary/aromatic N) is 6. The van der Waals surface area contributed by atoms with Crippen LogP contribution < -0.4 is 10.2 Å². The van der Waals surface area contributed by atoms with Crippen LogP contribution in [0.25, 0.3) is 5.65 Å². The van der Waals surface area contributed by atoms with Gasteiger partial charge in [-0.15, -0.1) is 0 Å². The summed E-state index contributed by atoms with van der Waals surface area (Å²) >= 11 is 0. The third-order valence-corrected chi connectivity index (χ3v) is 5.04. The van der Waals surface area contributed by atoms with E-state index in [1.807, 2.05) is 6.07 Å². The van der Waals surface area contributed by atoms with Crippen molar-refractivity contribution in [3.8, 4) is 0 Å². The Bertz CT molecular complexity index is 1060. The van der Waals surface area contributed by atoms with E-state index in [0.717, 1.165) is 23.5 Å². The van der Waals surface area contributed by atoms with Crippen LogP contribution in [0.4, 0.5) is 14.6 Å². The normalized spacial score (nSPS) is 23.7. The minimum atomic E-state index is -2.83. The summed E-state index contributed by atoms with van der Waals surface area (Å²) in [5.74, 6) is 0.137. The van der Waals surface area contributed by atoms with E-state index in [1.165, 1.54) is 16.9 Å². The van der Waals surface area contributed by atoms with Crippen LogP contribution in [-0.4, -0.2) is 69.3 Å². The van der Waals surface area contributed by atoms with E-state index in [4.69, 9.17) is 4.74 Å². The number of ether oxygens (including phenoxy) is 1. The number of aromatic nitrogens is 3. The number of carbonyl (C=O) groups excluding carboxylic acids is 1. The highest BCUT2D eigenvalue weighted by atomic mass is 19.3. The molecule has 5 rings (SSSR count). The van der Waals surface area contributed by atoms with Crippen molar-refractivity contribution in [1.82, 2.24) is 19.9 Å². The van der Waals surface area contributed by atoms with Crippen LogP contribution in [0.15, 0.2) is 35.5 Å². The van der Waals surface area contributed by atoms with Gasteiger partial charge in [0.05, 0.1) is 24.9 Å². The summed E-state index contributed by atoms with van der Waals surface area (Å²) in [4.78, 5) is 19.4. The molecular weight excluding hydrogens is 372 g/mol. The number of hydrogen-bond donors (Lipinski definition) is 1. The fraction of sp³-hybridized carbons (Fsp3) is 0.353. The summed E-state index contributed by atoms with van der Waals surface area (Å²) in [5.41, 5.74) is -0.111. The number of fused-ring (bicyclic) bond motifs is 3. The lowest BCUT2D eigenvalue weighted by molar-refractivity contribution is -0.449. The molecule has 9 nitrogen and oxygen atoms in total. The number of alkyl halides is 2. The average Bonchev–Trinajstić information content (AvgIpc) is 3.43. The second-order valence-electron chi connectivity index (χ2n) is 6.83. The maximum atomic E-state index is 13.1. The first-order chi connectivity index (χ1) is 13.5. The van der Waals surface area contributed by atoms with Crippen LogP contribution in [0.5, 0.6) is 0 Å². The fourth-order valence-corrected chi connectivity index (χ4v) is 3.74. The number of amides is 1. The summed E-state index contributed by atoms with van der Waals surface area (Å²) in [6.45, 7) is 4.87. The highest BCUT2D eigenvalue weighted by Crippen LogP contribution is 2.31. The molecule has 2 bridgehead atoms. The Morgan fingerprint density at radius 2 is 2.32 bits per heavy atom. The van der Waals surface area contributed by atoms with Gasteiger partial charge in [-0.25, -0.2) is 18.3 Å². The first kappa shape index (κ1) is 16.9. The number of allylic oxidation sites excluding steroid dienone is 1. The Hall–Kier alpha value is -3.21. The molecule has 0 saturated carbocycles. The highest BCUT2D eigenvalue weighted by Gasteiger charge is 2.39. The molecule has 0 aliphatic carbocycles. The maximum absolute atomic E-state index is 13.1. The zero-order valence-corrected chi connectivity index (χ0v) is 14.6. The molecule has 11 heteroatoms. The standard InChI is InChI=1S/C17H15F2N7O2/c1-24-7-12(14(23-24)15(18)19)21-17(27)11-5-20-26-3-2-13(22-16(11)26)25-6-10-4-9(25)8-28-10/h2-3,5,7,9-10,15H,1,4,6,8H2/p+1/t9-,10-/m1/s1. The molecule has 0 radical (unpaired) electrons. The van der Waals surface area contributed by atoms with Gasteiger partial charge in [0.15, 0.2) is 12.4 Å². The number of carbonyl (C=O) groups is 1. The Morgan fingerprint density at radius 1 is 1.46 bits per heavy atom. The van der Waals surface area contributed by atoms with Crippen LogP contribution in [0.1, 0.15) is 16.8 Å². The van der Waals surface area contributed by atoms with Gasteiger partial charge in [0.1, 0.15) is 17.1 Å². The zero-order valence-electron chi connectivity index (χ0n) is 14.6. The van der Waals surface area contributed by atoms with Crippen molar-refractivity contribution in [2.45, 2.75) is 25.0 Å². The van der Waals surface area contributed by atoms with Crippen LogP contribution in [0.3, 0.4) is 0 Å². The van der Waals surface area contributed by atoms with Crippen LogP contribution >= 0.6 is 0 Å². The molecule has 1 N–H and O–H groups in total. The van der Waals surface area contributed by atoms with E-state index in [0.29, 0.717) is 12.3 Å². The van der Waals surface area contributed by atoms with Crippen LogP contribution in [-0.2, 0) is 4.74 Å². The third kappa shape index (κ3) is 2.66. The number of halogens is 2. The Balaban J connectivity index is 1.44. The number of nitrogens with one attached hydrogen (secondary N) is 1. The molecule has 2 aromatic rings. The van der Waals surface area contributed by atoms with E-state index in [-0.39, 0.29) is 23.4 Å². The molecule has 5 heterocycles. The number of hydrogen-bond acceptors (Lipinski definition) is 6. The number of morpholine rings is 1. The summed E-state index contributed by atoms with van der Waals surface area (Å²) in [6, 6.07) is 2.11. The van der Waals surface area contributed by atoms with Crippen molar-refractivity contribution in [2.24, 2.45) is 5.10 Å². The molecule has 3 aliphatic rings. The predicted molar refractivity (Wildman–Crippen MR) is 94.8 cm³/mol. The molecule has 1 amide bonds. The van der Waals surface area contributed by atoms with Crippen molar-refractivity contribution >= 4 is 29.8 Å². The predicted octanol–water partition coefficient (Wildman–Crippen LogP) is 0.626. The zero-order chi connectivity index (χ0) is 19.4. The van der Waals surface area contributed by atoms with Gasteiger partial charge in [0.2, 0.25) is 11.9 Å². The molecule has 2 atom stereocenters. The van der Waals surface area contributed by atoms with Crippen LogP contribution in [0, 0.1) is 0 Å². The second kappa shape index (κ2) is 6.16. The molecule has 0 spiro atoms. The molecule has 2 aromatic heterocycles. The van der Waals surface area contributed by atoms with Gasteiger partial charge < -0.3 is 15.0 Å². The topological polar surface area (TPSA) is 87.1 Å². The number of rotatable bonds is 4. The SMILES string of the molecule is C=[N+]1C=C(NC(=O)c2cnn3ccc(N4C[C@H]5C[C@@H]4CO5)nc23)C(C(F)F)=N1. The van der Waals surface area contributed by atoms with Gasteiger partial charge in [-0.05, 0) is 12.5 Å². The lowest BCUT2D eigenvalue weighted by Gasteiger charge is -2.27. The lowest BCUT2D eigenvalue weighted by atomic mass is 10.2. The number of hydrazone groups is 1. The monoisotopic (exact) mass is 388 g/mol. The summed E-state index contributed by atoms with van der Waals surface area (Å²) in [6.07, 6.45) is 2.65. The van der Waals surface area contributed by atoms with Crippen molar-refractivity contribution in [3.63, 3.8) is 0 Å². The van der Waals surface area contributed by atoms with E-state index in [2.05, 4.69) is 32.1 Å². The smallest absolute Gasteiger partial charge is 0.288 e. The van der Waals surface area contributed by atoms with Gasteiger partial charge in [0.25, 0.3) is 12.3 Å². The third-order valence-electron chi connectivity index (χ3n) is 5.04. The second-order valence-corrected chi connectivity index (χ2v) is 6.83. The van der Waals surface area contributed by atoms with E-state index in [1.54, 1.807) is 6.20 Å². The quantitative estimate of drug-likeness (QED) is 0.777. The van der Waals surface area contributed by atoms with Gasteiger partial charge >= 0.3 is 0 Å². The van der Waals surface area contributed by atoms with E-state index < -0.39 is 18.0 Å². The molecule has 2 saturated heterocycles. The summed E-state index contributed by atoms with van der Waals surface area (Å²) in [5, 5.41) is 10.2. The largest absolute Gasteiger partial charge is 0.374 e. The lowest BCUT2D eigenvalue weighted by Crippen LogP contribution is -2.37. The maximum Gasteiger partial charge on any atom is 0.288 e. The first-order valence-corrected chi connectivity index (χ1v) is 8.72. The Labute approximate surface area is 157 Å². The summed E-state index contributed by atoms with van der Waals surface area (Å²) < 4.78 is 34.2. The van der Waals surface area contributed by atoms with Gasteiger partial charge in [-0.2, -0.15) is 5.10 Å². The van der Waals surface area contributed by atoms with Crippen LogP contribution in [0.2, 0.25) is 0 Å². The van der Waals surface area contributed by atoms with Crippen molar-refractivity contribution in [1.29, 1.82) is 0 Å². The minimum absolute atomic E-state index is 0.0977. The minimum Gasteiger partial charge on any atom is -0.374 e. The average molecular weight is 388 g/mol. The molecular formula is C17H16F2N7O2+. The molecule has 0 aromatic carbocycles. The van der Waals surface area contributed by atoms with Gasteiger partial charge in [-0.1, -0.05) is 4.68 Å². The van der Waals surface area contributed by atoms with E-state index in [9.17, 15) is 13.6 Å². The van der Waals surface area contributed by atoms with E-state index >= 15 is 0 Å². The molecule has 144 valence electrons. The Morgan fingerprint density at radius 3 is 3.04 bits per heavy atom. The number of anilines is 1. The first-order valence-electron chi connectivity index (χ1n) is 8.72. The highest BCUT2D eigenvalue weighted by molar-refractivity contribution is 6.09. The molecule has 3 aliphatic heterocycles. The van der Waals surface area contributed by atoms with Crippen molar-refractivity contribution in [2.75, 3.05) is 18.1 Å². The molecule has 0 unspecified atom stereocenters. The Kier molecular flexibility index (Phi) is 3.72. The van der Waals surface area contributed by atoms with Crippen molar-refractivity contribution < 1.29 is 23.0 Å². The summed E-state index contributed by atoms with van der Waals surface area (Å²) in [7, 11) is 0. The van der Waals surface area contributed by atoms with Gasteiger partial charge in [0, 0.05) is 17.8 Å².